The van der Waals surface area contributed by atoms with Gasteiger partial charge in [-0.05, 0) is 32.4 Å². The summed E-state index contributed by atoms with van der Waals surface area (Å²) in [5.41, 5.74) is 1.59. The van der Waals surface area contributed by atoms with E-state index in [2.05, 4.69) is 11.9 Å². The maximum atomic E-state index is 13.6. The lowest BCUT2D eigenvalue weighted by molar-refractivity contribution is 0.480. The molecule has 1 aromatic carbocycles. The Morgan fingerprint density at radius 2 is 2.12 bits per heavy atom. The number of halogens is 2. The van der Waals surface area contributed by atoms with Gasteiger partial charge in [0.05, 0.1) is 0 Å². The highest BCUT2D eigenvalue weighted by Crippen LogP contribution is 2.23. The van der Waals surface area contributed by atoms with Crippen molar-refractivity contribution in [1.82, 2.24) is 5.32 Å². The quantitative estimate of drug-likeness (QED) is 0.741. The summed E-state index contributed by atoms with van der Waals surface area (Å²) in [5, 5.41) is 3.21. The second kappa shape index (κ2) is 6.50. The lowest BCUT2D eigenvalue weighted by Crippen LogP contribution is -2.22. The Hall–Kier alpha value is -1.22. The summed E-state index contributed by atoms with van der Waals surface area (Å²) in [6.07, 6.45) is 1.60. The van der Waals surface area contributed by atoms with Crippen LogP contribution in [0.3, 0.4) is 0 Å². The van der Waals surface area contributed by atoms with Crippen molar-refractivity contribution in [3.05, 3.63) is 47.5 Å². The first-order valence-electron chi connectivity index (χ1n) is 5.87. The lowest BCUT2D eigenvalue weighted by Gasteiger charge is -2.19. The van der Waals surface area contributed by atoms with Crippen LogP contribution in [0.2, 0.25) is 0 Å². The average molecular weight is 239 g/mol. The number of benzene rings is 1. The molecule has 0 saturated heterocycles. The molecule has 0 aliphatic heterocycles. The summed E-state index contributed by atoms with van der Waals surface area (Å²) < 4.78 is 26.5. The maximum absolute atomic E-state index is 13.6. The molecule has 0 aromatic heterocycles. The summed E-state index contributed by atoms with van der Waals surface area (Å²) in [7, 11) is 0. The molecular weight excluding hydrogens is 220 g/mol. The Bertz CT molecular complexity index is 388. The topological polar surface area (TPSA) is 12.0 Å². The van der Waals surface area contributed by atoms with E-state index in [1.54, 1.807) is 0 Å². The summed E-state index contributed by atoms with van der Waals surface area (Å²) in [5.74, 6) is -1.03. The number of rotatable bonds is 6. The van der Waals surface area contributed by atoms with Crippen molar-refractivity contribution in [3.63, 3.8) is 0 Å². The number of nitrogens with one attached hydrogen (secondary N) is 1. The highest BCUT2D eigenvalue weighted by atomic mass is 19.1. The molecule has 0 aliphatic rings. The van der Waals surface area contributed by atoms with E-state index in [0.29, 0.717) is 5.56 Å². The monoisotopic (exact) mass is 239 g/mol. The SMILES string of the molecule is C=C(C)CCC(NCC)c1ccc(F)cc1F. The third-order valence-corrected chi connectivity index (χ3v) is 2.65. The molecule has 1 aromatic rings. The summed E-state index contributed by atoms with van der Waals surface area (Å²) >= 11 is 0. The van der Waals surface area contributed by atoms with Crippen molar-refractivity contribution in [2.24, 2.45) is 0 Å². The number of allylic oxidation sites excluding steroid dienone is 1. The fourth-order valence-corrected chi connectivity index (χ4v) is 1.79. The van der Waals surface area contributed by atoms with Crippen LogP contribution in [-0.2, 0) is 0 Å². The summed E-state index contributed by atoms with van der Waals surface area (Å²) in [6, 6.07) is 3.65. The second-order valence-electron chi connectivity index (χ2n) is 4.27. The normalized spacial score (nSPS) is 12.5. The molecule has 1 unspecified atom stereocenters. The van der Waals surface area contributed by atoms with E-state index >= 15 is 0 Å². The Labute approximate surface area is 102 Å². The Balaban J connectivity index is 2.84. The largest absolute Gasteiger partial charge is 0.310 e. The van der Waals surface area contributed by atoms with E-state index in [1.165, 1.54) is 12.1 Å². The fraction of sp³-hybridized carbons (Fsp3) is 0.429. The Morgan fingerprint density at radius 3 is 2.65 bits per heavy atom. The summed E-state index contributed by atoms with van der Waals surface area (Å²) in [6.45, 7) is 8.50. The van der Waals surface area contributed by atoms with Gasteiger partial charge in [0.15, 0.2) is 0 Å². The van der Waals surface area contributed by atoms with Crippen LogP contribution >= 0.6 is 0 Å². The van der Waals surface area contributed by atoms with Crippen LogP contribution in [0.4, 0.5) is 8.78 Å². The molecule has 0 saturated carbocycles. The van der Waals surface area contributed by atoms with Gasteiger partial charge in [0, 0.05) is 17.7 Å². The van der Waals surface area contributed by atoms with Gasteiger partial charge in [-0.15, -0.1) is 6.58 Å². The van der Waals surface area contributed by atoms with Crippen molar-refractivity contribution >= 4 is 0 Å². The maximum Gasteiger partial charge on any atom is 0.130 e. The van der Waals surface area contributed by atoms with Crippen LogP contribution in [0.1, 0.15) is 38.3 Å². The average Bonchev–Trinajstić information content (AvgIpc) is 2.24. The van der Waals surface area contributed by atoms with Gasteiger partial charge in [0.25, 0.3) is 0 Å². The van der Waals surface area contributed by atoms with Gasteiger partial charge in [-0.3, -0.25) is 0 Å². The third kappa shape index (κ3) is 4.27. The first-order chi connectivity index (χ1) is 8.04. The molecule has 0 amide bonds. The van der Waals surface area contributed by atoms with Gasteiger partial charge in [-0.1, -0.05) is 18.6 Å². The van der Waals surface area contributed by atoms with Crippen molar-refractivity contribution < 1.29 is 8.78 Å². The van der Waals surface area contributed by atoms with Crippen LogP contribution < -0.4 is 5.32 Å². The standard InChI is InChI=1S/C14H19F2N/c1-4-17-14(8-5-10(2)3)12-7-6-11(15)9-13(12)16/h6-7,9,14,17H,2,4-5,8H2,1,3H3. The van der Waals surface area contributed by atoms with E-state index in [9.17, 15) is 8.78 Å². The number of hydrogen-bond donors (Lipinski definition) is 1. The minimum absolute atomic E-state index is 0.0858. The van der Waals surface area contributed by atoms with Crippen molar-refractivity contribution in [3.8, 4) is 0 Å². The van der Waals surface area contributed by atoms with E-state index in [0.717, 1.165) is 31.0 Å². The molecule has 0 bridgehead atoms. The predicted octanol–water partition coefficient (Wildman–Crippen LogP) is 3.97. The van der Waals surface area contributed by atoms with Gasteiger partial charge in [-0.2, -0.15) is 0 Å². The van der Waals surface area contributed by atoms with Gasteiger partial charge >= 0.3 is 0 Å². The summed E-state index contributed by atoms with van der Waals surface area (Å²) in [4.78, 5) is 0. The first kappa shape index (κ1) is 13.8. The molecule has 0 aliphatic carbocycles. The van der Waals surface area contributed by atoms with Gasteiger partial charge in [0.1, 0.15) is 11.6 Å². The van der Waals surface area contributed by atoms with Gasteiger partial charge in [0.2, 0.25) is 0 Å². The fourth-order valence-electron chi connectivity index (χ4n) is 1.79. The molecule has 0 fully saturated rings. The molecule has 0 spiro atoms. The zero-order chi connectivity index (χ0) is 12.8. The smallest absolute Gasteiger partial charge is 0.130 e. The van der Waals surface area contributed by atoms with Crippen LogP contribution in [0.5, 0.6) is 0 Å². The first-order valence-corrected chi connectivity index (χ1v) is 5.87. The van der Waals surface area contributed by atoms with Crippen LogP contribution in [0.25, 0.3) is 0 Å². The highest BCUT2D eigenvalue weighted by molar-refractivity contribution is 5.22. The second-order valence-corrected chi connectivity index (χ2v) is 4.27. The minimum atomic E-state index is -0.540. The zero-order valence-electron chi connectivity index (χ0n) is 10.4. The molecule has 1 rings (SSSR count). The van der Waals surface area contributed by atoms with Crippen LogP contribution in [0, 0.1) is 11.6 Å². The zero-order valence-corrected chi connectivity index (χ0v) is 10.4. The lowest BCUT2D eigenvalue weighted by atomic mass is 9.99. The predicted molar refractivity (Wildman–Crippen MR) is 66.8 cm³/mol. The Kier molecular flexibility index (Phi) is 5.29. The van der Waals surface area contributed by atoms with Gasteiger partial charge < -0.3 is 5.32 Å². The van der Waals surface area contributed by atoms with E-state index in [4.69, 9.17) is 0 Å². The molecule has 0 radical (unpaired) electrons. The molecule has 94 valence electrons. The molecule has 17 heavy (non-hydrogen) atoms. The van der Waals surface area contributed by atoms with Gasteiger partial charge in [-0.25, -0.2) is 8.78 Å². The van der Waals surface area contributed by atoms with Crippen molar-refractivity contribution in [2.75, 3.05) is 6.54 Å². The molecule has 1 nitrogen and oxygen atoms in total. The Morgan fingerprint density at radius 1 is 1.41 bits per heavy atom. The molecule has 3 heteroatoms. The van der Waals surface area contributed by atoms with Crippen molar-refractivity contribution in [2.45, 2.75) is 32.7 Å². The van der Waals surface area contributed by atoms with Crippen molar-refractivity contribution in [1.29, 1.82) is 0 Å². The molecule has 0 heterocycles. The van der Waals surface area contributed by atoms with E-state index < -0.39 is 11.6 Å². The highest BCUT2D eigenvalue weighted by Gasteiger charge is 2.15. The van der Waals surface area contributed by atoms with E-state index in [1.807, 2.05) is 13.8 Å². The number of hydrogen-bond acceptors (Lipinski definition) is 1. The molecule has 1 atom stereocenters. The molecule has 1 N–H and O–H groups in total. The third-order valence-electron chi connectivity index (χ3n) is 2.65. The van der Waals surface area contributed by atoms with Crippen LogP contribution in [-0.4, -0.2) is 6.54 Å². The van der Waals surface area contributed by atoms with E-state index in [-0.39, 0.29) is 6.04 Å². The molecular formula is C14H19F2N. The minimum Gasteiger partial charge on any atom is -0.310 e. The van der Waals surface area contributed by atoms with Crippen LogP contribution in [0.15, 0.2) is 30.4 Å².